The zero-order valence-corrected chi connectivity index (χ0v) is 19.2. The molecule has 0 saturated carbocycles. The van der Waals surface area contributed by atoms with Gasteiger partial charge in [0.2, 0.25) is 5.75 Å². The van der Waals surface area contributed by atoms with E-state index in [0.29, 0.717) is 26.3 Å². The molecule has 3 N–H and O–H groups in total. The van der Waals surface area contributed by atoms with Gasteiger partial charge in [0.15, 0.2) is 18.1 Å². The number of carbonyl (C=O) groups is 3. The fourth-order valence-corrected chi connectivity index (χ4v) is 3.43. The SMILES string of the molecule is COC(=O)c1cc(N2CCOCC2)ccc1NC(=O)c1cc(OC)c(OCC(N)=O)c(OC)c1. The number of ether oxygens (including phenoxy) is 5. The van der Waals surface area contributed by atoms with Crippen LogP contribution in [0.5, 0.6) is 17.2 Å². The average molecular weight is 473 g/mol. The number of morpholine rings is 1. The number of nitrogens with one attached hydrogen (secondary N) is 1. The van der Waals surface area contributed by atoms with Crippen LogP contribution in [0.2, 0.25) is 0 Å². The van der Waals surface area contributed by atoms with Gasteiger partial charge < -0.3 is 39.6 Å². The van der Waals surface area contributed by atoms with Crippen molar-refractivity contribution in [2.75, 3.05) is 64.5 Å². The summed E-state index contributed by atoms with van der Waals surface area (Å²) in [5, 5.41) is 2.74. The maximum absolute atomic E-state index is 13.1. The molecule has 1 aliphatic heterocycles. The Morgan fingerprint density at radius 3 is 2.24 bits per heavy atom. The molecule has 1 heterocycles. The standard InChI is InChI=1S/C23H27N3O8/c1-30-18-10-14(11-19(31-2)21(18)34-13-20(24)27)22(28)25-17-5-4-15(12-16(17)23(29)32-3)26-6-8-33-9-7-26/h4-5,10-12H,6-9,13H2,1-3H3,(H2,24,27)(H,25,28). The Hall–Kier alpha value is -3.99. The highest BCUT2D eigenvalue weighted by Gasteiger charge is 2.22. The van der Waals surface area contributed by atoms with Crippen molar-refractivity contribution in [3.05, 3.63) is 41.5 Å². The maximum Gasteiger partial charge on any atom is 0.340 e. The molecule has 0 aliphatic carbocycles. The molecule has 1 aliphatic rings. The van der Waals surface area contributed by atoms with Gasteiger partial charge in [-0.2, -0.15) is 0 Å². The van der Waals surface area contributed by atoms with Gasteiger partial charge in [0.25, 0.3) is 11.8 Å². The van der Waals surface area contributed by atoms with E-state index in [1.165, 1.54) is 33.5 Å². The van der Waals surface area contributed by atoms with Crippen molar-refractivity contribution in [2.24, 2.45) is 5.73 Å². The van der Waals surface area contributed by atoms with E-state index in [0.717, 1.165) is 5.69 Å². The van der Waals surface area contributed by atoms with E-state index in [1.807, 2.05) is 6.07 Å². The van der Waals surface area contributed by atoms with Gasteiger partial charge in [0.05, 0.1) is 45.8 Å². The minimum Gasteiger partial charge on any atom is -0.493 e. The van der Waals surface area contributed by atoms with Crippen molar-refractivity contribution in [3.63, 3.8) is 0 Å². The van der Waals surface area contributed by atoms with Gasteiger partial charge >= 0.3 is 5.97 Å². The minimum atomic E-state index is -0.679. The number of esters is 1. The van der Waals surface area contributed by atoms with Crippen LogP contribution in [0.15, 0.2) is 30.3 Å². The summed E-state index contributed by atoms with van der Waals surface area (Å²) >= 11 is 0. The Morgan fingerprint density at radius 1 is 1.03 bits per heavy atom. The first kappa shape index (κ1) is 24.6. The number of methoxy groups -OCH3 is 3. The fourth-order valence-electron chi connectivity index (χ4n) is 3.43. The highest BCUT2D eigenvalue weighted by Crippen LogP contribution is 2.39. The van der Waals surface area contributed by atoms with Gasteiger partial charge in [-0.05, 0) is 30.3 Å². The smallest absolute Gasteiger partial charge is 0.340 e. The molecule has 0 radical (unpaired) electrons. The van der Waals surface area contributed by atoms with E-state index in [4.69, 9.17) is 29.4 Å². The van der Waals surface area contributed by atoms with Crippen LogP contribution in [0.4, 0.5) is 11.4 Å². The predicted octanol–water partition coefficient (Wildman–Crippen LogP) is 1.44. The molecule has 34 heavy (non-hydrogen) atoms. The molecule has 182 valence electrons. The summed E-state index contributed by atoms with van der Waals surface area (Å²) in [6.07, 6.45) is 0. The van der Waals surface area contributed by atoms with E-state index in [-0.39, 0.29) is 34.1 Å². The van der Waals surface area contributed by atoms with Crippen LogP contribution in [0, 0.1) is 0 Å². The molecular weight excluding hydrogens is 446 g/mol. The molecule has 11 nitrogen and oxygen atoms in total. The first-order valence-electron chi connectivity index (χ1n) is 10.4. The summed E-state index contributed by atoms with van der Waals surface area (Å²) in [6.45, 7) is 2.17. The Balaban J connectivity index is 1.90. The largest absolute Gasteiger partial charge is 0.493 e. The second kappa shape index (κ2) is 11.2. The topological polar surface area (TPSA) is 139 Å². The minimum absolute atomic E-state index is 0.130. The molecule has 2 aromatic carbocycles. The number of primary amides is 1. The zero-order valence-electron chi connectivity index (χ0n) is 19.2. The lowest BCUT2D eigenvalue weighted by molar-refractivity contribution is -0.120. The summed E-state index contributed by atoms with van der Waals surface area (Å²) in [4.78, 5) is 38.7. The fraction of sp³-hybridized carbons (Fsp3) is 0.348. The molecule has 2 amide bonds. The molecule has 1 saturated heterocycles. The van der Waals surface area contributed by atoms with E-state index in [9.17, 15) is 14.4 Å². The van der Waals surface area contributed by atoms with Crippen LogP contribution < -0.4 is 30.2 Å². The number of amides is 2. The molecule has 11 heteroatoms. The number of hydrogen-bond acceptors (Lipinski definition) is 9. The first-order valence-corrected chi connectivity index (χ1v) is 10.4. The van der Waals surface area contributed by atoms with Gasteiger partial charge in [-0.25, -0.2) is 4.79 Å². The van der Waals surface area contributed by atoms with Gasteiger partial charge in [-0.3, -0.25) is 9.59 Å². The molecular formula is C23H27N3O8. The van der Waals surface area contributed by atoms with Gasteiger partial charge in [0, 0.05) is 24.3 Å². The third-order valence-electron chi connectivity index (χ3n) is 5.11. The lowest BCUT2D eigenvalue weighted by atomic mass is 10.1. The number of anilines is 2. The van der Waals surface area contributed by atoms with Gasteiger partial charge in [-0.15, -0.1) is 0 Å². The molecule has 3 rings (SSSR count). The molecule has 0 atom stereocenters. The molecule has 0 unspecified atom stereocenters. The van der Waals surface area contributed by atoms with Crippen LogP contribution in [0.25, 0.3) is 0 Å². The van der Waals surface area contributed by atoms with Crippen molar-refractivity contribution < 1.29 is 38.1 Å². The maximum atomic E-state index is 13.1. The first-order chi connectivity index (χ1) is 16.4. The van der Waals surface area contributed by atoms with E-state index < -0.39 is 24.4 Å². The third-order valence-corrected chi connectivity index (χ3v) is 5.11. The third kappa shape index (κ3) is 5.67. The van der Waals surface area contributed by atoms with Crippen LogP contribution in [-0.4, -0.2) is 72.0 Å². The number of rotatable bonds is 9. The lowest BCUT2D eigenvalue weighted by Crippen LogP contribution is -2.36. The normalized spacial score (nSPS) is 13.1. The van der Waals surface area contributed by atoms with Crippen molar-refractivity contribution in [1.82, 2.24) is 0 Å². The molecule has 0 aromatic heterocycles. The average Bonchev–Trinajstić information content (AvgIpc) is 2.86. The van der Waals surface area contributed by atoms with Crippen molar-refractivity contribution in [3.8, 4) is 17.2 Å². The summed E-state index contributed by atoms with van der Waals surface area (Å²) in [5.41, 5.74) is 6.62. The second-order valence-corrected chi connectivity index (χ2v) is 7.24. The summed E-state index contributed by atoms with van der Waals surface area (Å²) in [7, 11) is 4.04. The quantitative estimate of drug-likeness (QED) is 0.518. The van der Waals surface area contributed by atoms with Gasteiger partial charge in [-0.1, -0.05) is 0 Å². The molecule has 0 bridgehead atoms. The zero-order chi connectivity index (χ0) is 24.7. The van der Waals surface area contributed by atoms with E-state index in [2.05, 4.69) is 10.2 Å². The van der Waals surface area contributed by atoms with Crippen LogP contribution in [0.1, 0.15) is 20.7 Å². The predicted molar refractivity (Wildman–Crippen MR) is 123 cm³/mol. The van der Waals surface area contributed by atoms with Crippen LogP contribution in [-0.2, 0) is 14.3 Å². The Bertz CT molecular complexity index is 1040. The summed E-state index contributed by atoms with van der Waals surface area (Å²) < 4.78 is 26.3. The Labute approximate surface area is 196 Å². The number of nitrogens with two attached hydrogens (primary N) is 1. The van der Waals surface area contributed by atoms with Crippen LogP contribution in [0.3, 0.4) is 0 Å². The van der Waals surface area contributed by atoms with E-state index in [1.54, 1.807) is 12.1 Å². The Kier molecular flexibility index (Phi) is 8.14. The molecule has 1 fully saturated rings. The molecule has 0 spiro atoms. The van der Waals surface area contributed by atoms with Gasteiger partial charge in [0.1, 0.15) is 0 Å². The second-order valence-electron chi connectivity index (χ2n) is 7.24. The number of carbonyl (C=O) groups excluding carboxylic acids is 3. The van der Waals surface area contributed by atoms with Crippen LogP contribution >= 0.6 is 0 Å². The highest BCUT2D eigenvalue weighted by atomic mass is 16.5. The summed E-state index contributed by atoms with van der Waals surface area (Å²) in [6, 6.07) is 7.99. The van der Waals surface area contributed by atoms with Crippen molar-refractivity contribution >= 4 is 29.2 Å². The van der Waals surface area contributed by atoms with Crippen molar-refractivity contribution in [1.29, 1.82) is 0 Å². The number of benzene rings is 2. The highest BCUT2D eigenvalue weighted by molar-refractivity contribution is 6.09. The Morgan fingerprint density at radius 2 is 1.68 bits per heavy atom. The number of nitrogens with zero attached hydrogens (tertiary/aromatic N) is 1. The van der Waals surface area contributed by atoms with E-state index >= 15 is 0 Å². The monoisotopic (exact) mass is 473 g/mol. The number of hydrogen-bond donors (Lipinski definition) is 2. The lowest BCUT2D eigenvalue weighted by Gasteiger charge is -2.29. The summed E-state index contributed by atoms with van der Waals surface area (Å²) in [5.74, 6) is -1.33. The van der Waals surface area contributed by atoms with Crippen molar-refractivity contribution in [2.45, 2.75) is 0 Å². The molecule has 2 aromatic rings.